The summed E-state index contributed by atoms with van der Waals surface area (Å²) in [7, 11) is 0. The molecule has 5 nitrogen and oxygen atoms in total. The molecule has 1 atom stereocenters. The Morgan fingerprint density at radius 1 is 1.24 bits per heavy atom. The maximum atomic E-state index is 11.6. The highest BCUT2D eigenvalue weighted by Crippen LogP contribution is 2.43. The Labute approximate surface area is 150 Å². The summed E-state index contributed by atoms with van der Waals surface area (Å²) < 4.78 is 0. The number of nitro groups is 1. The molecule has 1 fully saturated rings. The highest BCUT2D eigenvalue weighted by atomic mass is 16.6. The van der Waals surface area contributed by atoms with Gasteiger partial charge in [0.2, 0.25) is 0 Å². The van der Waals surface area contributed by atoms with Gasteiger partial charge in [-0.3, -0.25) is 10.1 Å². The SMILES string of the molecule is CC(C)(C)C1CC=C(c2cccc([N+](=O)[O-])c2N2CCNCC2)CC1. The highest BCUT2D eigenvalue weighted by Gasteiger charge is 2.30. The number of benzene rings is 1. The monoisotopic (exact) mass is 343 g/mol. The van der Waals surface area contributed by atoms with Crippen LogP contribution in [0.15, 0.2) is 24.3 Å². The van der Waals surface area contributed by atoms with Crippen molar-refractivity contribution in [2.45, 2.75) is 40.0 Å². The lowest BCUT2D eigenvalue weighted by Crippen LogP contribution is -2.44. The summed E-state index contributed by atoms with van der Waals surface area (Å²) in [4.78, 5) is 13.6. The van der Waals surface area contributed by atoms with Gasteiger partial charge in [0.05, 0.1) is 4.92 Å². The van der Waals surface area contributed by atoms with Gasteiger partial charge < -0.3 is 10.2 Å². The molecule has 5 heteroatoms. The van der Waals surface area contributed by atoms with Crippen molar-refractivity contribution in [3.05, 3.63) is 40.0 Å². The molecule has 25 heavy (non-hydrogen) atoms. The molecule has 2 aliphatic rings. The molecule has 0 aromatic heterocycles. The van der Waals surface area contributed by atoms with Gasteiger partial charge in [-0.05, 0) is 36.2 Å². The molecular formula is C20H29N3O2. The summed E-state index contributed by atoms with van der Waals surface area (Å²) in [5, 5.41) is 15.0. The summed E-state index contributed by atoms with van der Waals surface area (Å²) in [6.45, 7) is 10.3. The van der Waals surface area contributed by atoms with Crippen LogP contribution >= 0.6 is 0 Å². The summed E-state index contributed by atoms with van der Waals surface area (Å²) in [6.07, 6.45) is 5.54. The van der Waals surface area contributed by atoms with E-state index in [0.29, 0.717) is 11.3 Å². The van der Waals surface area contributed by atoms with E-state index in [4.69, 9.17) is 0 Å². The van der Waals surface area contributed by atoms with E-state index in [1.54, 1.807) is 6.07 Å². The van der Waals surface area contributed by atoms with Crippen molar-refractivity contribution in [2.24, 2.45) is 11.3 Å². The molecule has 1 saturated heterocycles. The maximum absolute atomic E-state index is 11.6. The van der Waals surface area contributed by atoms with Gasteiger partial charge in [-0.2, -0.15) is 0 Å². The average molecular weight is 343 g/mol. The molecule has 3 rings (SSSR count). The van der Waals surface area contributed by atoms with Gasteiger partial charge in [-0.25, -0.2) is 0 Å². The lowest BCUT2D eigenvalue weighted by Gasteiger charge is -2.35. The molecule has 136 valence electrons. The van der Waals surface area contributed by atoms with Gasteiger partial charge in [0, 0.05) is 37.8 Å². The van der Waals surface area contributed by atoms with Gasteiger partial charge in [0.15, 0.2) is 0 Å². The summed E-state index contributed by atoms with van der Waals surface area (Å²) in [6, 6.07) is 5.53. The first-order valence-corrected chi connectivity index (χ1v) is 9.30. The number of anilines is 1. The van der Waals surface area contributed by atoms with Crippen LogP contribution in [0, 0.1) is 21.4 Å². The van der Waals surface area contributed by atoms with Crippen LogP contribution in [-0.4, -0.2) is 31.1 Å². The van der Waals surface area contributed by atoms with E-state index >= 15 is 0 Å². The predicted molar refractivity (Wildman–Crippen MR) is 103 cm³/mol. The molecule has 0 spiro atoms. The van der Waals surface area contributed by atoms with E-state index in [1.807, 2.05) is 6.07 Å². The lowest BCUT2D eigenvalue weighted by molar-refractivity contribution is -0.384. The van der Waals surface area contributed by atoms with E-state index in [0.717, 1.165) is 56.7 Å². The predicted octanol–water partition coefficient (Wildman–Crippen LogP) is 4.23. The summed E-state index contributed by atoms with van der Waals surface area (Å²) >= 11 is 0. The van der Waals surface area contributed by atoms with Crippen LogP contribution in [0.25, 0.3) is 5.57 Å². The molecule has 1 unspecified atom stereocenters. The molecule has 1 N–H and O–H groups in total. The van der Waals surface area contributed by atoms with Crippen molar-refractivity contribution in [1.82, 2.24) is 5.32 Å². The van der Waals surface area contributed by atoms with E-state index in [1.165, 1.54) is 5.57 Å². The molecular weight excluding hydrogens is 314 g/mol. The second-order valence-electron chi connectivity index (χ2n) is 8.23. The van der Waals surface area contributed by atoms with Crippen molar-refractivity contribution < 1.29 is 4.92 Å². The second kappa shape index (κ2) is 7.16. The zero-order chi connectivity index (χ0) is 18.0. The number of nitrogens with zero attached hydrogens (tertiary/aromatic N) is 2. The summed E-state index contributed by atoms with van der Waals surface area (Å²) in [5.41, 5.74) is 3.69. The molecule has 0 radical (unpaired) electrons. The van der Waals surface area contributed by atoms with Gasteiger partial charge in [0.25, 0.3) is 5.69 Å². The molecule has 0 bridgehead atoms. The molecule has 1 aliphatic heterocycles. The summed E-state index contributed by atoms with van der Waals surface area (Å²) in [5.74, 6) is 0.678. The average Bonchev–Trinajstić information content (AvgIpc) is 2.61. The van der Waals surface area contributed by atoms with Crippen molar-refractivity contribution in [1.29, 1.82) is 0 Å². The Bertz CT molecular complexity index is 670. The number of piperazine rings is 1. The Kier molecular flexibility index (Phi) is 5.13. The van der Waals surface area contributed by atoms with Crippen LogP contribution in [0.1, 0.15) is 45.6 Å². The molecule has 0 amide bonds. The van der Waals surface area contributed by atoms with Crippen LogP contribution in [-0.2, 0) is 0 Å². The minimum atomic E-state index is -0.234. The van der Waals surface area contributed by atoms with Gasteiger partial charge in [-0.1, -0.05) is 39.0 Å². The molecule has 0 saturated carbocycles. The number of nitrogens with one attached hydrogen (secondary N) is 1. The Hall–Kier alpha value is -1.88. The van der Waals surface area contributed by atoms with Gasteiger partial charge >= 0.3 is 0 Å². The minimum absolute atomic E-state index is 0.234. The van der Waals surface area contributed by atoms with E-state index in [9.17, 15) is 10.1 Å². The van der Waals surface area contributed by atoms with E-state index < -0.39 is 0 Å². The third-order valence-corrected chi connectivity index (χ3v) is 5.63. The standard InChI is InChI=1S/C20H29N3O2/c1-20(2,3)16-9-7-15(8-10-16)17-5-4-6-18(23(24)25)19(17)22-13-11-21-12-14-22/h4-7,16,21H,8-14H2,1-3H3. The first-order valence-electron chi connectivity index (χ1n) is 9.30. The molecule has 1 aromatic rings. The zero-order valence-electron chi connectivity index (χ0n) is 15.5. The number of hydrogen-bond donors (Lipinski definition) is 1. The first kappa shape index (κ1) is 17.9. The van der Waals surface area contributed by atoms with Gasteiger partial charge in [0.1, 0.15) is 5.69 Å². The second-order valence-corrected chi connectivity index (χ2v) is 8.23. The number of rotatable bonds is 3. The fraction of sp³-hybridized carbons (Fsp3) is 0.600. The van der Waals surface area contributed by atoms with Crippen LogP contribution < -0.4 is 10.2 Å². The van der Waals surface area contributed by atoms with Crippen LogP contribution in [0.4, 0.5) is 11.4 Å². The number of para-hydroxylation sites is 1. The Balaban J connectivity index is 1.97. The van der Waals surface area contributed by atoms with E-state index in [-0.39, 0.29) is 10.6 Å². The van der Waals surface area contributed by atoms with Crippen molar-refractivity contribution >= 4 is 16.9 Å². The van der Waals surface area contributed by atoms with Crippen molar-refractivity contribution in [2.75, 3.05) is 31.1 Å². The van der Waals surface area contributed by atoms with Crippen LogP contribution in [0.2, 0.25) is 0 Å². The smallest absolute Gasteiger partial charge is 0.293 e. The van der Waals surface area contributed by atoms with Crippen molar-refractivity contribution in [3.8, 4) is 0 Å². The third kappa shape index (κ3) is 3.87. The normalized spacial score (nSPS) is 21.8. The van der Waals surface area contributed by atoms with Crippen LogP contribution in [0.5, 0.6) is 0 Å². The number of nitro benzene ring substituents is 1. The molecule has 1 aliphatic carbocycles. The zero-order valence-corrected chi connectivity index (χ0v) is 15.5. The minimum Gasteiger partial charge on any atom is -0.363 e. The Morgan fingerprint density at radius 2 is 1.96 bits per heavy atom. The topological polar surface area (TPSA) is 58.4 Å². The quantitative estimate of drug-likeness (QED) is 0.659. The maximum Gasteiger partial charge on any atom is 0.293 e. The molecule has 1 aromatic carbocycles. The highest BCUT2D eigenvalue weighted by molar-refractivity contribution is 5.83. The fourth-order valence-electron chi connectivity index (χ4n) is 4.02. The third-order valence-electron chi connectivity index (χ3n) is 5.63. The Morgan fingerprint density at radius 3 is 2.52 bits per heavy atom. The van der Waals surface area contributed by atoms with Crippen LogP contribution in [0.3, 0.4) is 0 Å². The fourth-order valence-corrected chi connectivity index (χ4v) is 4.02. The number of allylic oxidation sites excluding steroid dienone is 2. The van der Waals surface area contributed by atoms with E-state index in [2.05, 4.69) is 43.1 Å². The van der Waals surface area contributed by atoms with Crippen molar-refractivity contribution in [3.63, 3.8) is 0 Å². The lowest BCUT2D eigenvalue weighted by atomic mass is 9.72. The van der Waals surface area contributed by atoms with Gasteiger partial charge in [-0.15, -0.1) is 0 Å². The largest absolute Gasteiger partial charge is 0.363 e. The molecule has 1 heterocycles. The number of hydrogen-bond acceptors (Lipinski definition) is 4. The first-order chi connectivity index (χ1) is 11.9.